The molecule has 0 saturated heterocycles. The summed E-state index contributed by atoms with van der Waals surface area (Å²) in [7, 11) is 0. The third kappa shape index (κ3) is 3.29. The van der Waals surface area contributed by atoms with Crippen molar-refractivity contribution < 1.29 is 4.79 Å². The van der Waals surface area contributed by atoms with E-state index in [1.807, 2.05) is 12.1 Å². The Morgan fingerprint density at radius 3 is 2.45 bits per heavy atom. The molecule has 0 atom stereocenters. The van der Waals surface area contributed by atoms with Gasteiger partial charge in [0.1, 0.15) is 0 Å². The molecule has 110 valence electrons. The molecule has 0 radical (unpaired) electrons. The minimum Gasteiger partial charge on any atom is -0.352 e. The van der Waals surface area contributed by atoms with Gasteiger partial charge in [-0.3, -0.25) is 4.79 Å². The predicted octanol–water partition coefficient (Wildman–Crippen LogP) is 4.47. The maximum Gasteiger partial charge on any atom is 0.251 e. The maximum absolute atomic E-state index is 12.1. The monoisotopic (exact) mass is 309 g/mol. The van der Waals surface area contributed by atoms with Crippen molar-refractivity contribution in [2.75, 3.05) is 6.54 Å². The molecule has 2 nitrogen and oxygen atoms in total. The predicted molar refractivity (Wildman–Crippen MR) is 91.4 cm³/mol. The summed E-state index contributed by atoms with van der Waals surface area (Å²) in [6, 6.07) is 21.5. The Labute approximate surface area is 134 Å². The number of carbonyl (C=O) groups excluding carboxylic acids is 1. The molecular formula is C19H16ClNO. The van der Waals surface area contributed by atoms with E-state index in [2.05, 4.69) is 35.6 Å². The largest absolute Gasteiger partial charge is 0.352 e. The fraction of sp³-hybridized carbons (Fsp3) is 0.105. The highest BCUT2D eigenvalue weighted by molar-refractivity contribution is 6.30. The van der Waals surface area contributed by atoms with E-state index in [4.69, 9.17) is 11.6 Å². The first-order chi connectivity index (χ1) is 10.7. The van der Waals surface area contributed by atoms with E-state index < -0.39 is 0 Å². The summed E-state index contributed by atoms with van der Waals surface area (Å²) in [5.74, 6) is -0.0723. The molecule has 22 heavy (non-hydrogen) atoms. The Kier molecular flexibility index (Phi) is 4.40. The molecule has 0 aromatic heterocycles. The molecule has 1 amide bonds. The second-order valence-corrected chi connectivity index (χ2v) is 5.59. The number of carbonyl (C=O) groups is 1. The first-order valence-corrected chi connectivity index (χ1v) is 7.62. The molecule has 3 aromatic rings. The molecule has 3 rings (SSSR count). The summed E-state index contributed by atoms with van der Waals surface area (Å²) >= 11 is 5.82. The molecule has 0 spiro atoms. The number of amides is 1. The van der Waals surface area contributed by atoms with Crippen LogP contribution in [-0.2, 0) is 6.42 Å². The topological polar surface area (TPSA) is 29.1 Å². The van der Waals surface area contributed by atoms with Crippen molar-refractivity contribution >= 4 is 28.3 Å². The Morgan fingerprint density at radius 2 is 1.64 bits per heavy atom. The van der Waals surface area contributed by atoms with Gasteiger partial charge < -0.3 is 5.32 Å². The van der Waals surface area contributed by atoms with Crippen molar-refractivity contribution in [1.82, 2.24) is 5.32 Å². The van der Waals surface area contributed by atoms with Crippen LogP contribution in [0.25, 0.3) is 10.8 Å². The Hall–Kier alpha value is -2.32. The van der Waals surface area contributed by atoms with E-state index in [1.165, 1.54) is 16.3 Å². The second kappa shape index (κ2) is 6.63. The summed E-state index contributed by atoms with van der Waals surface area (Å²) < 4.78 is 0. The summed E-state index contributed by atoms with van der Waals surface area (Å²) in [6.45, 7) is 0.607. The summed E-state index contributed by atoms with van der Waals surface area (Å²) in [5, 5.41) is 6.05. The third-order valence-corrected chi connectivity index (χ3v) is 3.92. The van der Waals surface area contributed by atoms with Crippen molar-refractivity contribution in [1.29, 1.82) is 0 Å². The number of benzene rings is 3. The molecule has 3 aromatic carbocycles. The molecule has 0 fully saturated rings. The number of rotatable bonds is 4. The van der Waals surface area contributed by atoms with Crippen LogP contribution in [-0.4, -0.2) is 12.5 Å². The lowest BCUT2D eigenvalue weighted by molar-refractivity contribution is 0.0954. The second-order valence-electron chi connectivity index (χ2n) is 5.15. The van der Waals surface area contributed by atoms with Crippen molar-refractivity contribution in [3.8, 4) is 0 Å². The molecule has 0 heterocycles. The van der Waals surface area contributed by atoms with Crippen LogP contribution in [0.2, 0.25) is 5.02 Å². The molecule has 0 unspecified atom stereocenters. The van der Waals surface area contributed by atoms with Crippen molar-refractivity contribution in [3.05, 3.63) is 82.9 Å². The Morgan fingerprint density at radius 1 is 0.909 bits per heavy atom. The molecule has 0 bridgehead atoms. The van der Waals surface area contributed by atoms with Crippen LogP contribution in [0.15, 0.2) is 66.7 Å². The van der Waals surface area contributed by atoms with Crippen molar-refractivity contribution in [3.63, 3.8) is 0 Å². The number of hydrogen-bond donors (Lipinski definition) is 1. The molecule has 1 N–H and O–H groups in total. The van der Waals surface area contributed by atoms with Crippen LogP contribution < -0.4 is 5.32 Å². The van der Waals surface area contributed by atoms with E-state index >= 15 is 0 Å². The van der Waals surface area contributed by atoms with Gasteiger partial charge in [-0.25, -0.2) is 0 Å². The van der Waals surface area contributed by atoms with Gasteiger partial charge in [-0.2, -0.15) is 0 Å². The molecule has 0 aliphatic carbocycles. The van der Waals surface area contributed by atoms with E-state index in [0.29, 0.717) is 17.1 Å². The van der Waals surface area contributed by atoms with Crippen LogP contribution in [0, 0.1) is 0 Å². The first-order valence-electron chi connectivity index (χ1n) is 7.24. The van der Waals surface area contributed by atoms with Crippen LogP contribution in [0.4, 0.5) is 0 Å². The molecule has 3 heteroatoms. The molecular weight excluding hydrogens is 294 g/mol. The standard InChI is InChI=1S/C19H16ClNO/c20-17-10-8-16(9-11-17)19(22)21-13-12-15-6-3-5-14-4-1-2-7-18(14)15/h1-11H,12-13H2,(H,21,22). The first kappa shape index (κ1) is 14.6. The zero-order valence-corrected chi connectivity index (χ0v) is 12.8. The van der Waals surface area contributed by atoms with Gasteiger partial charge in [0, 0.05) is 17.1 Å². The fourth-order valence-electron chi connectivity index (χ4n) is 2.52. The lowest BCUT2D eigenvalue weighted by atomic mass is 10.0. The summed E-state index contributed by atoms with van der Waals surface area (Å²) in [5.41, 5.74) is 1.87. The molecule has 0 aliphatic heterocycles. The van der Waals surface area contributed by atoms with Gasteiger partial charge in [0.2, 0.25) is 0 Å². The Balaban J connectivity index is 1.65. The minimum atomic E-state index is -0.0723. The van der Waals surface area contributed by atoms with Crippen LogP contribution in [0.3, 0.4) is 0 Å². The third-order valence-electron chi connectivity index (χ3n) is 3.67. The van der Waals surface area contributed by atoms with E-state index in [9.17, 15) is 4.79 Å². The average molecular weight is 310 g/mol. The quantitative estimate of drug-likeness (QED) is 0.757. The zero-order chi connectivity index (χ0) is 15.4. The van der Waals surface area contributed by atoms with Gasteiger partial charge >= 0.3 is 0 Å². The van der Waals surface area contributed by atoms with Gasteiger partial charge in [-0.15, -0.1) is 0 Å². The number of nitrogens with one attached hydrogen (secondary N) is 1. The lowest BCUT2D eigenvalue weighted by Crippen LogP contribution is -2.25. The van der Waals surface area contributed by atoms with Crippen LogP contribution in [0.1, 0.15) is 15.9 Å². The average Bonchev–Trinajstić information content (AvgIpc) is 2.55. The summed E-state index contributed by atoms with van der Waals surface area (Å²) in [6.07, 6.45) is 0.806. The normalized spacial score (nSPS) is 10.6. The van der Waals surface area contributed by atoms with E-state index in [-0.39, 0.29) is 5.91 Å². The van der Waals surface area contributed by atoms with E-state index in [0.717, 1.165) is 6.42 Å². The number of fused-ring (bicyclic) bond motifs is 1. The van der Waals surface area contributed by atoms with Gasteiger partial charge in [-0.1, -0.05) is 54.1 Å². The summed E-state index contributed by atoms with van der Waals surface area (Å²) in [4.78, 5) is 12.1. The smallest absolute Gasteiger partial charge is 0.251 e. The fourth-order valence-corrected chi connectivity index (χ4v) is 2.65. The van der Waals surface area contributed by atoms with Gasteiger partial charge in [-0.05, 0) is 47.0 Å². The van der Waals surface area contributed by atoms with Gasteiger partial charge in [0.15, 0.2) is 0 Å². The van der Waals surface area contributed by atoms with Crippen LogP contribution >= 0.6 is 11.6 Å². The van der Waals surface area contributed by atoms with Gasteiger partial charge in [0.25, 0.3) is 5.91 Å². The Bertz CT molecular complexity index is 791. The highest BCUT2D eigenvalue weighted by Crippen LogP contribution is 2.18. The van der Waals surface area contributed by atoms with Crippen molar-refractivity contribution in [2.24, 2.45) is 0 Å². The molecule has 0 saturated carbocycles. The number of halogens is 1. The number of hydrogen-bond acceptors (Lipinski definition) is 1. The highest BCUT2D eigenvalue weighted by Gasteiger charge is 2.05. The van der Waals surface area contributed by atoms with Crippen molar-refractivity contribution in [2.45, 2.75) is 6.42 Å². The maximum atomic E-state index is 12.1. The van der Waals surface area contributed by atoms with Gasteiger partial charge in [0.05, 0.1) is 0 Å². The van der Waals surface area contributed by atoms with E-state index in [1.54, 1.807) is 24.3 Å². The molecule has 0 aliphatic rings. The minimum absolute atomic E-state index is 0.0723. The highest BCUT2D eigenvalue weighted by atomic mass is 35.5. The SMILES string of the molecule is O=C(NCCc1cccc2ccccc12)c1ccc(Cl)cc1. The lowest BCUT2D eigenvalue weighted by Gasteiger charge is -2.08. The van der Waals surface area contributed by atoms with Crippen LogP contribution in [0.5, 0.6) is 0 Å². The zero-order valence-electron chi connectivity index (χ0n) is 12.1.